The van der Waals surface area contributed by atoms with Crippen LogP contribution in [0.1, 0.15) is 16.0 Å². The van der Waals surface area contributed by atoms with Crippen LogP contribution in [0.25, 0.3) is 11.6 Å². The Hall–Kier alpha value is -2.07. The van der Waals surface area contributed by atoms with Crippen molar-refractivity contribution in [3.05, 3.63) is 51.7 Å². The Morgan fingerprint density at radius 1 is 1.32 bits per heavy atom. The molecule has 0 saturated carbocycles. The minimum atomic E-state index is -0.934. The molecule has 0 amide bonds. The van der Waals surface area contributed by atoms with E-state index in [1.165, 1.54) is 11.3 Å². The van der Waals surface area contributed by atoms with E-state index < -0.39 is 5.97 Å². The van der Waals surface area contributed by atoms with E-state index in [1.54, 1.807) is 37.5 Å². The van der Waals surface area contributed by atoms with Crippen molar-refractivity contribution in [1.29, 1.82) is 0 Å². The number of rotatable bonds is 4. The Morgan fingerprint density at radius 2 is 2.00 bits per heavy atom. The lowest BCUT2D eigenvalue weighted by atomic mass is 10.1. The molecule has 0 aliphatic rings. The number of carbonyl (C=O) groups is 1. The fourth-order valence-electron chi connectivity index (χ4n) is 1.71. The first kappa shape index (κ1) is 13.4. The third kappa shape index (κ3) is 3.23. The average molecular weight is 274 g/mol. The molecule has 3 nitrogen and oxygen atoms in total. The maximum absolute atomic E-state index is 11.4. The van der Waals surface area contributed by atoms with Gasteiger partial charge in [0, 0.05) is 4.88 Å². The number of carboxylic acid groups (broad SMARTS) is 1. The number of aliphatic carboxylic acids is 1. The topological polar surface area (TPSA) is 46.5 Å². The van der Waals surface area contributed by atoms with Crippen molar-refractivity contribution in [2.75, 3.05) is 7.11 Å². The molecule has 0 saturated heterocycles. The minimum absolute atomic E-state index is 0.282. The highest BCUT2D eigenvalue weighted by Gasteiger charge is 2.11. The fourth-order valence-corrected chi connectivity index (χ4v) is 2.54. The van der Waals surface area contributed by atoms with Gasteiger partial charge in [0.05, 0.1) is 12.7 Å². The Labute approximate surface area is 115 Å². The van der Waals surface area contributed by atoms with Gasteiger partial charge in [0.1, 0.15) is 5.75 Å². The van der Waals surface area contributed by atoms with Crippen LogP contribution in [0.2, 0.25) is 0 Å². The number of aryl methyl sites for hydroxylation is 1. The minimum Gasteiger partial charge on any atom is -0.497 e. The molecular formula is C15H14O3S. The van der Waals surface area contributed by atoms with Gasteiger partial charge >= 0.3 is 5.97 Å². The van der Waals surface area contributed by atoms with Gasteiger partial charge in [0.15, 0.2) is 0 Å². The van der Waals surface area contributed by atoms with Crippen LogP contribution in [-0.2, 0) is 4.79 Å². The summed E-state index contributed by atoms with van der Waals surface area (Å²) < 4.78 is 5.07. The molecule has 1 heterocycles. The van der Waals surface area contributed by atoms with Gasteiger partial charge in [-0.3, -0.25) is 0 Å². The normalized spacial score (nSPS) is 11.4. The largest absolute Gasteiger partial charge is 0.497 e. The number of hydrogen-bond donors (Lipinski definition) is 1. The van der Waals surface area contributed by atoms with Gasteiger partial charge in [-0.25, -0.2) is 4.79 Å². The summed E-state index contributed by atoms with van der Waals surface area (Å²) in [5.74, 6) is -0.225. The fraction of sp³-hybridized carbons (Fsp3) is 0.133. The lowest BCUT2D eigenvalue weighted by molar-refractivity contribution is -0.130. The molecule has 0 spiro atoms. The predicted molar refractivity (Wildman–Crippen MR) is 77.6 cm³/mol. The van der Waals surface area contributed by atoms with Gasteiger partial charge in [0.25, 0.3) is 0 Å². The molecular weight excluding hydrogens is 260 g/mol. The Bertz CT molecular complexity index is 609. The van der Waals surface area contributed by atoms with E-state index in [2.05, 4.69) is 0 Å². The van der Waals surface area contributed by atoms with Crippen molar-refractivity contribution in [1.82, 2.24) is 0 Å². The van der Waals surface area contributed by atoms with E-state index in [1.807, 2.05) is 18.4 Å². The van der Waals surface area contributed by atoms with Crippen LogP contribution in [0.4, 0.5) is 0 Å². The standard InChI is InChI=1S/C15H14O3S/c1-10-7-13(19-9-10)8-14(15(16)17)11-3-5-12(18-2)6-4-11/h3-9H,1-2H3,(H,16,17). The van der Waals surface area contributed by atoms with Crippen LogP contribution >= 0.6 is 11.3 Å². The molecule has 1 N–H and O–H groups in total. The molecule has 98 valence electrons. The van der Waals surface area contributed by atoms with E-state index in [0.29, 0.717) is 11.3 Å². The molecule has 19 heavy (non-hydrogen) atoms. The third-order valence-electron chi connectivity index (χ3n) is 2.67. The molecule has 0 bridgehead atoms. The maximum Gasteiger partial charge on any atom is 0.336 e. The quantitative estimate of drug-likeness (QED) is 0.865. The highest BCUT2D eigenvalue weighted by Crippen LogP contribution is 2.24. The molecule has 2 rings (SSSR count). The van der Waals surface area contributed by atoms with E-state index in [-0.39, 0.29) is 5.57 Å². The highest BCUT2D eigenvalue weighted by molar-refractivity contribution is 7.11. The monoisotopic (exact) mass is 274 g/mol. The number of carboxylic acids is 1. The molecule has 1 aromatic carbocycles. The van der Waals surface area contributed by atoms with Crippen LogP contribution in [-0.4, -0.2) is 18.2 Å². The maximum atomic E-state index is 11.4. The van der Waals surface area contributed by atoms with E-state index >= 15 is 0 Å². The number of methoxy groups -OCH3 is 1. The summed E-state index contributed by atoms with van der Waals surface area (Å²) >= 11 is 1.53. The molecule has 0 fully saturated rings. The lowest BCUT2D eigenvalue weighted by Crippen LogP contribution is -1.99. The molecule has 0 aliphatic carbocycles. The Kier molecular flexibility index (Phi) is 4.02. The number of benzene rings is 1. The lowest BCUT2D eigenvalue weighted by Gasteiger charge is -2.04. The first-order valence-corrected chi connectivity index (χ1v) is 6.62. The first-order valence-electron chi connectivity index (χ1n) is 5.74. The van der Waals surface area contributed by atoms with E-state index in [9.17, 15) is 9.90 Å². The summed E-state index contributed by atoms with van der Waals surface area (Å²) in [7, 11) is 1.58. The van der Waals surface area contributed by atoms with Gasteiger partial charge in [-0.1, -0.05) is 12.1 Å². The first-order chi connectivity index (χ1) is 9.10. The van der Waals surface area contributed by atoms with Crippen molar-refractivity contribution in [3.63, 3.8) is 0 Å². The molecule has 0 atom stereocenters. The van der Waals surface area contributed by atoms with Crippen LogP contribution in [0.15, 0.2) is 35.7 Å². The van der Waals surface area contributed by atoms with Crippen LogP contribution in [0.5, 0.6) is 5.75 Å². The van der Waals surface area contributed by atoms with Crippen LogP contribution in [0, 0.1) is 6.92 Å². The summed E-state index contributed by atoms with van der Waals surface area (Å²) in [4.78, 5) is 12.3. The SMILES string of the molecule is COc1ccc(C(=Cc2cc(C)cs2)C(=O)O)cc1. The molecule has 0 unspecified atom stereocenters. The van der Waals surface area contributed by atoms with Gasteiger partial charge in [-0.05, 0) is 47.7 Å². The van der Waals surface area contributed by atoms with Gasteiger partial charge in [-0.2, -0.15) is 0 Å². The van der Waals surface area contributed by atoms with Crippen molar-refractivity contribution >= 4 is 29.0 Å². The average Bonchev–Trinajstić information content (AvgIpc) is 2.81. The van der Waals surface area contributed by atoms with Crippen LogP contribution < -0.4 is 4.74 Å². The predicted octanol–water partition coefficient (Wildman–Crippen LogP) is 3.69. The summed E-state index contributed by atoms with van der Waals surface area (Å²) in [5.41, 5.74) is 2.08. The molecule has 0 radical (unpaired) electrons. The molecule has 4 heteroatoms. The Balaban J connectivity index is 2.39. The zero-order chi connectivity index (χ0) is 13.8. The van der Waals surface area contributed by atoms with Gasteiger partial charge < -0.3 is 9.84 Å². The Morgan fingerprint density at radius 3 is 2.47 bits per heavy atom. The summed E-state index contributed by atoms with van der Waals surface area (Å²) in [5, 5.41) is 11.3. The summed E-state index contributed by atoms with van der Waals surface area (Å²) in [6.45, 7) is 1.99. The third-order valence-corrected chi connectivity index (χ3v) is 3.67. The second kappa shape index (κ2) is 5.71. The van der Waals surface area contributed by atoms with Crippen molar-refractivity contribution in [2.45, 2.75) is 6.92 Å². The van der Waals surface area contributed by atoms with Crippen molar-refractivity contribution in [3.8, 4) is 5.75 Å². The number of ether oxygens (including phenoxy) is 1. The van der Waals surface area contributed by atoms with E-state index in [4.69, 9.17) is 4.74 Å². The zero-order valence-corrected chi connectivity index (χ0v) is 11.5. The number of thiophene rings is 1. The van der Waals surface area contributed by atoms with Crippen molar-refractivity contribution < 1.29 is 14.6 Å². The van der Waals surface area contributed by atoms with Crippen LogP contribution in [0.3, 0.4) is 0 Å². The summed E-state index contributed by atoms with van der Waals surface area (Å²) in [6, 6.07) is 8.98. The second-order valence-electron chi connectivity index (χ2n) is 4.12. The summed E-state index contributed by atoms with van der Waals surface area (Å²) in [6.07, 6.45) is 1.70. The zero-order valence-electron chi connectivity index (χ0n) is 10.7. The molecule has 0 aliphatic heterocycles. The smallest absolute Gasteiger partial charge is 0.336 e. The highest BCUT2D eigenvalue weighted by atomic mass is 32.1. The van der Waals surface area contributed by atoms with Gasteiger partial charge in [-0.15, -0.1) is 11.3 Å². The second-order valence-corrected chi connectivity index (χ2v) is 5.06. The number of hydrogen-bond acceptors (Lipinski definition) is 3. The molecule has 2 aromatic rings. The molecule has 1 aromatic heterocycles. The van der Waals surface area contributed by atoms with Crippen molar-refractivity contribution in [2.24, 2.45) is 0 Å². The van der Waals surface area contributed by atoms with E-state index in [0.717, 1.165) is 10.4 Å². The van der Waals surface area contributed by atoms with Gasteiger partial charge in [0.2, 0.25) is 0 Å².